The van der Waals surface area contributed by atoms with Gasteiger partial charge in [0.1, 0.15) is 17.6 Å². The lowest BCUT2D eigenvalue weighted by atomic mass is 9.87. The third kappa shape index (κ3) is 7.79. The molecule has 0 saturated heterocycles. The van der Waals surface area contributed by atoms with Gasteiger partial charge in [-0.3, -0.25) is 9.59 Å². The zero-order valence-corrected chi connectivity index (χ0v) is 23.4. The first-order valence-electron chi connectivity index (χ1n) is 12.9. The van der Waals surface area contributed by atoms with Gasteiger partial charge in [0.15, 0.2) is 6.61 Å². The second-order valence-electron chi connectivity index (χ2n) is 10.6. The lowest BCUT2D eigenvalue weighted by Crippen LogP contribution is -2.52. The summed E-state index contributed by atoms with van der Waals surface area (Å²) in [5.74, 6) is -0.212. The van der Waals surface area contributed by atoms with Crippen LogP contribution in [0.25, 0.3) is 0 Å². The monoisotopic (exact) mass is 560 g/mol. The standard InChI is InChI=1S/C29H38BrFN2O3/c1-5-25(28(35)32-23-9-7-6-8-10-23)33(18-20-11-14-22(31)15-12-20)27(34)19-36-26-16-13-21(17-24(26)30)29(2,3)4/h11-17,23,25H,5-10,18-19H2,1-4H3,(H,32,35)/t25-/m0/s1. The summed E-state index contributed by atoms with van der Waals surface area (Å²) in [5, 5.41) is 3.16. The van der Waals surface area contributed by atoms with Gasteiger partial charge >= 0.3 is 0 Å². The van der Waals surface area contributed by atoms with E-state index in [1.165, 1.54) is 18.6 Å². The molecule has 3 rings (SSSR count). The molecule has 1 fully saturated rings. The zero-order chi connectivity index (χ0) is 26.3. The number of carbonyl (C=O) groups is 2. The second-order valence-corrected chi connectivity index (χ2v) is 11.5. The first kappa shape index (κ1) is 28.2. The van der Waals surface area contributed by atoms with Crippen LogP contribution in [-0.2, 0) is 21.5 Å². The second kappa shape index (κ2) is 12.7. The van der Waals surface area contributed by atoms with Gasteiger partial charge in [-0.1, -0.05) is 65.2 Å². The van der Waals surface area contributed by atoms with Crippen LogP contribution < -0.4 is 10.1 Å². The van der Waals surface area contributed by atoms with E-state index in [1.54, 1.807) is 17.0 Å². The number of carbonyl (C=O) groups excluding carboxylic acids is 2. The average molecular weight is 562 g/mol. The number of nitrogens with one attached hydrogen (secondary N) is 1. The molecule has 1 aliphatic carbocycles. The van der Waals surface area contributed by atoms with E-state index in [9.17, 15) is 14.0 Å². The molecule has 0 heterocycles. The number of rotatable bonds is 9. The van der Waals surface area contributed by atoms with Gasteiger partial charge in [0.25, 0.3) is 5.91 Å². The Balaban J connectivity index is 1.76. The minimum Gasteiger partial charge on any atom is -0.483 e. The van der Waals surface area contributed by atoms with Gasteiger partial charge in [0, 0.05) is 12.6 Å². The highest BCUT2D eigenvalue weighted by atomic mass is 79.9. The zero-order valence-electron chi connectivity index (χ0n) is 21.8. The lowest BCUT2D eigenvalue weighted by Gasteiger charge is -2.32. The molecule has 1 aliphatic rings. The third-order valence-electron chi connectivity index (χ3n) is 6.75. The van der Waals surface area contributed by atoms with Crippen molar-refractivity contribution in [1.29, 1.82) is 0 Å². The van der Waals surface area contributed by atoms with Gasteiger partial charge in [0.2, 0.25) is 5.91 Å². The molecule has 0 aliphatic heterocycles. The van der Waals surface area contributed by atoms with Crippen LogP contribution in [0.4, 0.5) is 4.39 Å². The molecule has 196 valence electrons. The van der Waals surface area contributed by atoms with Crippen LogP contribution in [0.3, 0.4) is 0 Å². The van der Waals surface area contributed by atoms with Gasteiger partial charge < -0.3 is 15.0 Å². The fourth-order valence-electron chi connectivity index (χ4n) is 4.56. The molecular formula is C29H38BrFN2O3. The number of hydrogen-bond acceptors (Lipinski definition) is 3. The SMILES string of the molecule is CC[C@@H](C(=O)NC1CCCCC1)N(Cc1ccc(F)cc1)C(=O)COc1ccc(C(C)(C)C)cc1Br. The molecule has 1 saturated carbocycles. The van der Waals surface area contributed by atoms with E-state index in [4.69, 9.17) is 4.74 Å². The molecule has 7 heteroatoms. The Labute approximate surface area is 222 Å². The van der Waals surface area contributed by atoms with Crippen molar-refractivity contribution in [3.05, 3.63) is 63.9 Å². The van der Waals surface area contributed by atoms with E-state index >= 15 is 0 Å². The van der Waals surface area contributed by atoms with Crippen molar-refractivity contribution in [2.45, 2.75) is 90.3 Å². The Hall–Kier alpha value is -2.41. The van der Waals surface area contributed by atoms with E-state index < -0.39 is 6.04 Å². The minimum atomic E-state index is -0.639. The van der Waals surface area contributed by atoms with Crippen molar-refractivity contribution in [1.82, 2.24) is 10.2 Å². The van der Waals surface area contributed by atoms with Crippen LogP contribution in [0.1, 0.15) is 77.3 Å². The van der Waals surface area contributed by atoms with Gasteiger partial charge in [-0.2, -0.15) is 0 Å². The number of benzene rings is 2. The van der Waals surface area contributed by atoms with Crippen LogP contribution in [0.15, 0.2) is 46.9 Å². The van der Waals surface area contributed by atoms with Crippen molar-refractivity contribution in [2.24, 2.45) is 0 Å². The fourth-order valence-corrected chi connectivity index (χ4v) is 5.05. The Morgan fingerprint density at radius 1 is 1.11 bits per heavy atom. The highest BCUT2D eigenvalue weighted by molar-refractivity contribution is 9.10. The van der Waals surface area contributed by atoms with Gasteiger partial charge in [-0.25, -0.2) is 4.39 Å². The molecular weight excluding hydrogens is 523 g/mol. The molecule has 2 aromatic carbocycles. The quantitative estimate of drug-likeness (QED) is 0.379. The predicted molar refractivity (Wildman–Crippen MR) is 144 cm³/mol. The topological polar surface area (TPSA) is 58.6 Å². The Bertz CT molecular complexity index is 1030. The van der Waals surface area contributed by atoms with Gasteiger partial charge in [-0.15, -0.1) is 0 Å². The molecule has 0 aromatic heterocycles. The van der Waals surface area contributed by atoms with Gasteiger partial charge in [0.05, 0.1) is 4.47 Å². The summed E-state index contributed by atoms with van der Waals surface area (Å²) in [6, 6.07) is 11.4. The fraction of sp³-hybridized carbons (Fsp3) is 0.517. The molecule has 1 N–H and O–H groups in total. The molecule has 2 aromatic rings. The van der Waals surface area contributed by atoms with E-state index in [-0.39, 0.29) is 42.2 Å². The number of ether oxygens (including phenoxy) is 1. The normalized spacial score (nSPS) is 15.3. The third-order valence-corrected chi connectivity index (χ3v) is 7.37. The summed E-state index contributed by atoms with van der Waals surface area (Å²) in [7, 11) is 0. The molecule has 0 radical (unpaired) electrons. The van der Waals surface area contributed by atoms with Crippen LogP contribution in [0, 0.1) is 5.82 Å². The highest BCUT2D eigenvalue weighted by Crippen LogP contribution is 2.31. The average Bonchev–Trinajstić information content (AvgIpc) is 2.84. The summed E-state index contributed by atoms with van der Waals surface area (Å²) in [5.41, 5.74) is 1.89. The van der Waals surface area contributed by atoms with Crippen molar-refractivity contribution >= 4 is 27.7 Å². The summed E-state index contributed by atoms with van der Waals surface area (Å²) >= 11 is 3.56. The van der Waals surface area contributed by atoms with Crippen molar-refractivity contribution in [3.63, 3.8) is 0 Å². The first-order chi connectivity index (χ1) is 17.1. The van der Waals surface area contributed by atoms with Gasteiger partial charge in [-0.05, 0) is 76.0 Å². The molecule has 5 nitrogen and oxygen atoms in total. The van der Waals surface area contributed by atoms with Crippen LogP contribution in [-0.4, -0.2) is 35.4 Å². The molecule has 36 heavy (non-hydrogen) atoms. The molecule has 1 atom stereocenters. The number of hydrogen-bond donors (Lipinski definition) is 1. The summed E-state index contributed by atoms with van der Waals surface area (Å²) in [6.07, 6.45) is 5.82. The molecule has 2 amide bonds. The number of halogens is 2. The minimum absolute atomic E-state index is 0.0110. The maximum absolute atomic E-state index is 13.5. The molecule has 0 spiro atoms. The van der Waals surface area contributed by atoms with Crippen molar-refractivity contribution in [2.75, 3.05) is 6.61 Å². The first-order valence-corrected chi connectivity index (χ1v) is 13.6. The predicted octanol–water partition coefficient (Wildman–Crippen LogP) is 6.52. The molecule has 0 unspecified atom stereocenters. The highest BCUT2D eigenvalue weighted by Gasteiger charge is 2.30. The van der Waals surface area contributed by atoms with E-state index in [0.29, 0.717) is 12.2 Å². The maximum Gasteiger partial charge on any atom is 0.261 e. The van der Waals surface area contributed by atoms with E-state index in [2.05, 4.69) is 42.0 Å². The Morgan fingerprint density at radius 3 is 2.36 bits per heavy atom. The van der Waals surface area contributed by atoms with Crippen LogP contribution in [0.2, 0.25) is 0 Å². The number of nitrogens with zero attached hydrogens (tertiary/aromatic N) is 1. The Morgan fingerprint density at radius 2 is 1.78 bits per heavy atom. The maximum atomic E-state index is 13.5. The van der Waals surface area contributed by atoms with E-state index in [0.717, 1.165) is 41.3 Å². The van der Waals surface area contributed by atoms with E-state index in [1.807, 2.05) is 25.1 Å². The lowest BCUT2D eigenvalue weighted by molar-refractivity contribution is -0.143. The summed E-state index contributed by atoms with van der Waals surface area (Å²) in [4.78, 5) is 28.3. The largest absolute Gasteiger partial charge is 0.483 e. The van der Waals surface area contributed by atoms with Crippen molar-refractivity contribution < 1.29 is 18.7 Å². The summed E-state index contributed by atoms with van der Waals surface area (Å²) < 4.78 is 20.1. The Kier molecular flexibility index (Phi) is 9.94. The van der Waals surface area contributed by atoms with Crippen LogP contribution in [0.5, 0.6) is 5.75 Å². The number of amides is 2. The van der Waals surface area contributed by atoms with Crippen molar-refractivity contribution in [3.8, 4) is 5.75 Å². The summed E-state index contributed by atoms with van der Waals surface area (Å²) in [6.45, 7) is 8.30. The smallest absolute Gasteiger partial charge is 0.261 e. The molecule has 0 bridgehead atoms. The van der Waals surface area contributed by atoms with Crippen LogP contribution >= 0.6 is 15.9 Å².